The quantitative estimate of drug-likeness (QED) is 0.750. The van der Waals surface area contributed by atoms with Gasteiger partial charge in [-0.3, -0.25) is 0 Å². The summed E-state index contributed by atoms with van der Waals surface area (Å²) in [6.45, 7) is 12.7. The monoisotopic (exact) mass is 353 g/mol. The number of nitrogens with zero attached hydrogens (tertiary/aromatic N) is 2. The molecular formula is C19H32ClN3O. The number of nitriles is 1. The maximum Gasteiger partial charge on any atom is 0.101 e. The van der Waals surface area contributed by atoms with Crippen LogP contribution in [-0.2, 0) is 0 Å². The second kappa shape index (κ2) is 10.6. The Morgan fingerprint density at radius 3 is 2.46 bits per heavy atom. The third-order valence-corrected chi connectivity index (χ3v) is 3.87. The lowest BCUT2D eigenvalue weighted by atomic mass is 10.0. The lowest BCUT2D eigenvalue weighted by molar-refractivity contribution is 0.110. The molecule has 0 saturated carbocycles. The molecule has 0 heterocycles. The number of aliphatic hydroxyl groups excluding tert-OH is 1. The van der Waals surface area contributed by atoms with E-state index < -0.39 is 6.10 Å². The van der Waals surface area contributed by atoms with E-state index in [0.29, 0.717) is 12.1 Å². The topological polar surface area (TPSA) is 59.3 Å². The van der Waals surface area contributed by atoms with Gasteiger partial charge in [0, 0.05) is 31.1 Å². The van der Waals surface area contributed by atoms with Gasteiger partial charge in [-0.1, -0.05) is 26.0 Å². The molecule has 2 N–H and O–H groups in total. The Bertz CT molecular complexity index is 522. The van der Waals surface area contributed by atoms with Gasteiger partial charge in [0.1, 0.15) is 6.07 Å². The SMILES string of the molecule is CCCN(CC(C)C(O)CNC(C)(C)C)c1ccccc1C#N.Cl. The number of para-hydroxylation sites is 1. The summed E-state index contributed by atoms with van der Waals surface area (Å²) < 4.78 is 0. The van der Waals surface area contributed by atoms with Crippen LogP contribution in [0.4, 0.5) is 5.69 Å². The predicted molar refractivity (Wildman–Crippen MR) is 104 cm³/mol. The second-order valence-electron chi connectivity index (χ2n) is 7.25. The maximum atomic E-state index is 10.4. The van der Waals surface area contributed by atoms with Crippen LogP contribution in [0.25, 0.3) is 0 Å². The Labute approximate surface area is 153 Å². The molecule has 0 aliphatic heterocycles. The molecule has 0 aliphatic rings. The smallest absolute Gasteiger partial charge is 0.101 e. The maximum absolute atomic E-state index is 10.4. The van der Waals surface area contributed by atoms with Crippen LogP contribution in [0, 0.1) is 17.2 Å². The fourth-order valence-corrected chi connectivity index (χ4v) is 2.51. The summed E-state index contributed by atoms with van der Waals surface area (Å²) in [5, 5.41) is 23.1. The highest BCUT2D eigenvalue weighted by Gasteiger charge is 2.21. The van der Waals surface area contributed by atoms with E-state index in [2.05, 4.69) is 50.9 Å². The van der Waals surface area contributed by atoms with Crippen LogP contribution in [-0.4, -0.2) is 36.4 Å². The Morgan fingerprint density at radius 1 is 1.29 bits per heavy atom. The minimum Gasteiger partial charge on any atom is -0.391 e. The molecule has 0 spiro atoms. The van der Waals surface area contributed by atoms with Gasteiger partial charge in [0.2, 0.25) is 0 Å². The van der Waals surface area contributed by atoms with Gasteiger partial charge in [0.15, 0.2) is 0 Å². The van der Waals surface area contributed by atoms with Crippen LogP contribution in [0.2, 0.25) is 0 Å². The van der Waals surface area contributed by atoms with Crippen molar-refractivity contribution in [3.05, 3.63) is 29.8 Å². The van der Waals surface area contributed by atoms with Crippen molar-refractivity contribution in [1.82, 2.24) is 5.32 Å². The number of hydrogen-bond acceptors (Lipinski definition) is 4. The van der Waals surface area contributed by atoms with Crippen LogP contribution in [0.3, 0.4) is 0 Å². The Balaban J connectivity index is 0.00000529. The van der Waals surface area contributed by atoms with Crippen molar-refractivity contribution in [1.29, 1.82) is 5.26 Å². The van der Waals surface area contributed by atoms with Crippen LogP contribution in [0.1, 0.15) is 46.6 Å². The molecule has 0 amide bonds. The molecular weight excluding hydrogens is 322 g/mol. The first-order chi connectivity index (χ1) is 10.8. The highest BCUT2D eigenvalue weighted by Crippen LogP contribution is 2.22. The average Bonchev–Trinajstić information content (AvgIpc) is 2.51. The highest BCUT2D eigenvalue weighted by molar-refractivity contribution is 5.85. The first kappa shape index (κ1) is 22.7. The van der Waals surface area contributed by atoms with E-state index in [0.717, 1.165) is 25.2 Å². The number of halogens is 1. The van der Waals surface area contributed by atoms with E-state index in [1.165, 1.54) is 0 Å². The van der Waals surface area contributed by atoms with E-state index in [9.17, 15) is 10.4 Å². The number of nitrogens with one attached hydrogen (secondary N) is 1. The van der Waals surface area contributed by atoms with E-state index in [1.54, 1.807) is 0 Å². The Morgan fingerprint density at radius 2 is 1.92 bits per heavy atom. The molecule has 1 rings (SSSR count). The minimum atomic E-state index is -0.414. The molecule has 0 fully saturated rings. The van der Waals surface area contributed by atoms with E-state index in [1.807, 2.05) is 24.3 Å². The van der Waals surface area contributed by atoms with E-state index >= 15 is 0 Å². The Hall–Kier alpha value is -1.28. The molecule has 4 nitrogen and oxygen atoms in total. The summed E-state index contributed by atoms with van der Waals surface area (Å²) >= 11 is 0. The van der Waals surface area contributed by atoms with Gasteiger partial charge in [-0.15, -0.1) is 12.4 Å². The summed E-state index contributed by atoms with van der Waals surface area (Å²) in [7, 11) is 0. The third kappa shape index (κ3) is 7.53. The molecule has 5 heteroatoms. The minimum absolute atomic E-state index is 0. The van der Waals surface area contributed by atoms with Crippen molar-refractivity contribution in [3.63, 3.8) is 0 Å². The Kier molecular flexibility index (Phi) is 9.99. The normalized spacial score (nSPS) is 13.5. The third-order valence-electron chi connectivity index (χ3n) is 3.87. The van der Waals surface area contributed by atoms with Crippen molar-refractivity contribution < 1.29 is 5.11 Å². The summed E-state index contributed by atoms with van der Waals surface area (Å²) in [6, 6.07) is 9.95. The molecule has 0 bridgehead atoms. The van der Waals surface area contributed by atoms with Crippen molar-refractivity contribution in [2.24, 2.45) is 5.92 Å². The number of anilines is 1. The molecule has 0 aromatic heterocycles. The fourth-order valence-electron chi connectivity index (χ4n) is 2.51. The van der Waals surface area contributed by atoms with Crippen molar-refractivity contribution >= 4 is 18.1 Å². The number of β-amino-alcohol motifs (C(OH)–C–C–N with tert-alkyl or cyclic N) is 1. The fraction of sp³-hybridized carbons (Fsp3) is 0.632. The zero-order chi connectivity index (χ0) is 17.5. The number of benzene rings is 1. The van der Waals surface area contributed by atoms with Crippen molar-refractivity contribution in [3.8, 4) is 6.07 Å². The molecule has 2 atom stereocenters. The van der Waals surface area contributed by atoms with Gasteiger partial charge < -0.3 is 15.3 Å². The van der Waals surface area contributed by atoms with Gasteiger partial charge >= 0.3 is 0 Å². The van der Waals surface area contributed by atoms with Crippen LogP contribution < -0.4 is 10.2 Å². The van der Waals surface area contributed by atoms with E-state index in [4.69, 9.17) is 0 Å². The van der Waals surface area contributed by atoms with Gasteiger partial charge in [-0.05, 0) is 39.3 Å². The summed E-state index contributed by atoms with van der Waals surface area (Å²) in [5.41, 5.74) is 1.65. The van der Waals surface area contributed by atoms with E-state index in [-0.39, 0.29) is 23.9 Å². The summed E-state index contributed by atoms with van der Waals surface area (Å²) in [4.78, 5) is 2.21. The molecule has 0 radical (unpaired) electrons. The largest absolute Gasteiger partial charge is 0.391 e. The number of hydrogen-bond donors (Lipinski definition) is 2. The molecule has 1 aromatic rings. The second-order valence-corrected chi connectivity index (χ2v) is 7.25. The molecule has 2 unspecified atom stereocenters. The summed E-state index contributed by atoms with van der Waals surface area (Å²) in [5.74, 6) is 0.114. The van der Waals surface area contributed by atoms with Crippen molar-refractivity contribution in [2.45, 2.75) is 52.7 Å². The predicted octanol–water partition coefficient (Wildman–Crippen LogP) is 3.58. The first-order valence-corrected chi connectivity index (χ1v) is 8.45. The molecule has 24 heavy (non-hydrogen) atoms. The highest BCUT2D eigenvalue weighted by atomic mass is 35.5. The molecule has 0 aliphatic carbocycles. The van der Waals surface area contributed by atoms with Gasteiger partial charge in [0.25, 0.3) is 0 Å². The lowest BCUT2D eigenvalue weighted by Gasteiger charge is -2.31. The lowest BCUT2D eigenvalue weighted by Crippen LogP contribution is -2.45. The van der Waals surface area contributed by atoms with Crippen LogP contribution in [0.5, 0.6) is 0 Å². The zero-order valence-corrected chi connectivity index (χ0v) is 16.4. The van der Waals surface area contributed by atoms with Gasteiger partial charge in [0.05, 0.1) is 17.4 Å². The van der Waals surface area contributed by atoms with Crippen LogP contribution >= 0.6 is 12.4 Å². The average molecular weight is 354 g/mol. The molecule has 0 saturated heterocycles. The van der Waals surface area contributed by atoms with Gasteiger partial charge in [-0.2, -0.15) is 5.26 Å². The molecule has 1 aromatic carbocycles. The van der Waals surface area contributed by atoms with Crippen LogP contribution in [0.15, 0.2) is 24.3 Å². The number of rotatable bonds is 8. The zero-order valence-electron chi connectivity index (χ0n) is 15.5. The first-order valence-electron chi connectivity index (χ1n) is 8.45. The standard InChI is InChI=1S/C19H31N3O.ClH/c1-6-11-22(17-10-8-7-9-16(17)12-20)14-15(2)18(23)13-21-19(3,4)5;/h7-10,15,18,21,23H,6,11,13-14H2,1-5H3;1H. The van der Waals surface area contributed by atoms with Crippen molar-refractivity contribution in [2.75, 3.05) is 24.5 Å². The molecule has 136 valence electrons. The number of aliphatic hydroxyl groups is 1. The summed E-state index contributed by atoms with van der Waals surface area (Å²) in [6.07, 6.45) is 0.589. The van der Waals surface area contributed by atoms with Gasteiger partial charge in [-0.25, -0.2) is 0 Å².